The lowest BCUT2D eigenvalue weighted by Crippen LogP contribution is -2.10. The quantitative estimate of drug-likeness (QED) is 0.146. The predicted molar refractivity (Wildman–Crippen MR) is 253 cm³/mol. The first-order valence-corrected chi connectivity index (χ1v) is 19.8. The number of hydrogen-bond donors (Lipinski definition) is 0. The Labute approximate surface area is 354 Å². The van der Waals surface area contributed by atoms with Crippen LogP contribution in [0, 0.1) is 0 Å². The maximum atomic E-state index is 9.39. The van der Waals surface area contributed by atoms with Gasteiger partial charge in [0.2, 0.25) is 0 Å². The Kier molecular flexibility index (Phi) is 6.90. The number of rotatable bonds is 7. The highest BCUT2D eigenvalue weighted by Crippen LogP contribution is 2.46. The fraction of sp³-hybridized carbons (Fsp3) is 0. The lowest BCUT2D eigenvalue weighted by molar-refractivity contribution is 1.30. The van der Waals surface area contributed by atoms with Gasteiger partial charge in [-0.2, -0.15) is 0 Å². The second-order valence-electron chi connectivity index (χ2n) is 14.7. The molecule has 0 unspecified atom stereocenters. The Morgan fingerprint density at radius 1 is 0.305 bits per heavy atom. The van der Waals surface area contributed by atoms with E-state index in [1.165, 1.54) is 16.3 Å². The number of benzene rings is 11. The Bertz CT molecular complexity index is 3690. The van der Waals surface area contributed by atoms with E-state index in [1.54, 1.807) is 4.90 Å². The van der Waals surface area contributed by atoms with Crippen LogP contribution < -0.4 is 4.90 Å². The Balaban J connectivity index is 1.11. The summed E-state index contributed by atoms with van der Waals surface area (Å²) in [5, 5.41) is 6.74. The standard InChI is InChI=1S/C58H39N/c1-3-17-44(18-4-1)57-54-26-12-11-25-52(54)53-38-33-46(39-55(53)58(57)45-19-5-2-6-20-45)40-29-34-47(35-30-40)59(56-28-14-22-42-16-8-10-24-51(42)56)48-36-31-43(32-37-48)50-27-13-21-41-15-7-9-23-49(41)50/h1-39H/i8D,10D,14D,16D,22D,24D,28D. The molecule has 276 valence electrons. The van der Waals surface area contributed by atoms with Crippen LogP contribution in [0.3, 0.4) is 0 Å². The van der Waals surface area contributed by atoms with Crippen LogP contribution in [0.5, 0.6) is 0 Å². The molecule has 1 heteroatoms. The Hall–Kier alpha value is -7.74. The molecule has 0 N–H and O–H groups in total. The monoisotopic (exact) mass is 756 g/mol. The molecule has 0 radical (unpaired) electrons. The van der Waals surface area contributed by atoms with Gasteiger partial charge in [-0.05, 0) is 119 Å². The molecule has 0 aliphatic heterocycles. The SMILES string of the molecule is [2H]c1c([2H])c([2H])c2c(N(c3ccc(-c4ccc5c(c4)c(-c4ccccc4)c(-c4ccccc4)c4ccccc45)cc3)c3ccc(-c4cccc5ccccc45)cc3)c([2H])c([2H])c([2H])c2c1[2H]. The summed E-state index contributed by atoms with van der Waals surface area (Å²) in [6.45, 7) is 0. The maximum Gasteiger partial charge on any atom is 0.0645 e. The third-order valence-electron chi connectivity index (χ3n) is 11.4. The van der Waals surface area contributed by atoms with Crippen molar-refractivity contribution in [3.63, 3.8) is 0 Å². The van der Waals surface area contributed by atoms with Crippen LogP contribution in [0.25, 0.3) is 87.6 Å². The number of hydrogen-bond acceptors (Lipinski definition) is 1. The van der Waals surface area contributed by atoms with E-state index in [-0.39, 0.29) is 28.5 Å². The van der Waals surface area contributed by atoms with Gasteiger partial charge < -0.3 is 4.90 Å². The molecule has 0 fully saturated rings. The third kappa shape index (κ3) is 6.12. The van der Waals surface area contributed by atoms with E-state index in [4.69, 9.17) is 8.22 Å². The Morgan fingerprint density at radius 2 is 0.847 bits per heavy atom. The minimum absolute atomic E-state index is 0.0126. The van der Waals surface area contributed by atoms with Crippen LogP contribution in [-0.2, 0) is 0 Å². The number of fused-ring (bicyclic) bond motifs is 5. The molecule has 1 nitrogen and oxygen atoms in total. The largest absolute Gasteiger partial charge is 0.310 e. The van der Waals surface area contributed by atoms with E-state index in [2.05, 4.69) is 115 Å². The highest BCUT2D eigenvalue weighted by molar-refractivity contribution is 6.22. The zero-order chi connectivity index (χ0) is 45.2. The van der Waals surface area contributed by atoms with E-state index in [0.29, 0.717) is 11.4 Å². The van der Waals surface area contributed by atoms with Crippen molar-refractivity contribution in [2.75, 3.05) is 4.90 Å². The van der Waals surface area contributed by atoms with Gasteiger partial charge in [-0.25, -0.2) is 0 Å². The molecule has 0 heterocycles. The maximum absolute atomic E-state index is 9.39. The summed E-state index contributed by atoms with van der Waals surface area (Å²) in [4.78, 5) is 1.78. The van der Waals surface area contributed by atoms with Crippen LogP contribution in [0.4, 0.5) is 17.1 Å². The summed E-state index contributed by atoms with van der Waals surface area (Å²) in [5.74, 6) is 0. The summed E-state index contributed by atoms with van der Waals surface area (Å²) in [6.07, 6.45) is 0. The highest BCUT2D eigenvalue weighted by atomic mass is 15.1. The molecular formula is C58H39N. The van der Waals surface area contributed by atoms with Gasteiger partial charge in [0.1, 0.15) is 0 Å². The molecule has 0 saturated carbocycles. The lowest BCUT2D eigenvalue weighted by atomic mass is 9.84. The van der Waals surface area contributed by atoms with Crippen molar-refractivity contribution in [2.45, 2.75) is 0 Å². The van der Waals surface area contributed by atoms with Gasteiger partial charge in [0.05, 0.1) is 15.3 Å². The summed E-state index contributed by atoms with van der Waals surface area (Å²) in [7, 11) is 0. The first kappa shape index (κ1) is 27.8. The van der Waals surface area contributed by atoms with Crippen LogP contribution in [0.2, 0.25) is 0 Å². The Morgan fingerprint density at radius 3 is 1.58 bits per heavy atom. The lowest BCUT2D eigenvalue weighted by Gasteiger charge is -2.27. The van der Waals surface area contributed by atoms with E-state index < -0.39 is 30.2 Å². The van der Waals surface area contributed by atoms with Crippen molar-refractivity contribution >= 4 is 60.2 Å². The fourth-order valence-corrected chi connectivity index (χ4v) is 8.62. The summed E-state index contributed by atoms with van der Waals surface area (Å²) in [6, 6.07) is 63.6. The number of anilines is 3. The second kappa shape index (κ2) is 14.6. The van der Waals surface area contributed by atoms with Gasteiger partial charge in [0.25, 0.3) is 0 Å². The van der Waals surface area contributed by atoms with E-state index >= 15 is 0 Å². The minimum atomic E-state index is -0.492. The van der Waals surface area contributed by atoms with Crippen molar-refractivity contribution in [3.05, 3.63) is 236 Å². The smallest absolute Gasteiger partial charge is 0.0645 e. The van der Waals surface area contributed by atoms with Gasteiger partial charge >= 0.3 is 0 Å². The molecule has 0 aliphatic rings. The molecular weight excluding hydrogens is 711 g/mol. The highest BCUT2D eigenvalue weighted by Gasteiger charge is 2.19. The molecule has 0 amide bonds. The summed E-state index contributed by atoms with van der Waals surface area (Å²) < 4.78 is 62.3. The normalized spacial score (nSPS) is 13.1. The van der Waals surface area contributed by atoms with Crippen molar-refractivity contribution in [2.24, 2.45) is 0 Å². The molecule has 0 atom stereocenters. The molecule has 0 spiro atoms. The first-order chi connectivity index (χ1) is 32.2. The van der Waals surface area contributed by atoms with E-state index in [9.17, 15) is 1.37 Å². The summed E-state index contributed by atoms with van der Waals surface area (Å²) >= 11 is 0. The van der Waals surface area contributed by atoms with Gasteiger partial charge in [0.15, 0.2) is 0 Å². The van der Waals surface area contributed by atoms with E-state index in [1.807, 2.05) is 78.9 Å². The second-order valence-corrected chi connectivity index (χ2v) is 14.7. The average molecular weight is 757 g/mol. The minimum Gasteiger partial charge on any atom is -0.310 e. The van der Waals surface area contributed by atoms with Crippen LogP contribution >= 0.6 is 0 Å². The molecule has 0 saturated heterocycles. The molecule has 0 aromatic heterocycles. The number of nitrogens with zero attached hydrogens (tertiary/aromatic N) is 1. The molecule has 11 aromatic rings. The zero-order valence-electron chi connectivity index (χ0n) is 38.9. The van der Waals surface area contributed by atoms with Gasteiger partial charge in [0, 0.05) is 16.8 Å². The molecule has 59 heavy (non-hydrogen) atoms. The van der Waals surface area contributed by atoms with Gasteiger partial charge in [-0.3, -0.25) is 0 Å². The van der Waals surface area contributed by atoms with E-state index in [0.717, 1.165) is 60.5 Å². The summed E-state index contributed by atoms with van der Waals surface area (Å²) in [5.41, 5.74) is 9.87. The van der Waals surface area contributed by atoms with Crippen LogP contribution in [-0.4, -0.2) is 0 Å². The van der Waals surface area contributed by atoms with Crippen molar-refractivity contribution < 1.29 is 9.60 Å². The third-order valence-corrected chi connectivity index (χ3v) is 11.4. The van der Waals surface area contributed by atoms with Crippen molar-refractivity contribution in [1.82, 2.24) is 0 Å². The van der Waals surface area contributed by atoms with Crippen LogP contribution in [0.15, 0.2) is 236 Å². The molecule has 0 bridgehead atoms. The zero-order valence-corrected chi connectivity index (χ0v) is 31.9. The molecule has 0 aliphatic carbocycles. The van der Waals surface area contributed by atoms with Crippen LogP contribution in [0.1, 0.15) is 9.60 Å². The first-order valence-electron chi connectivity index (χ1n) is 23.3. The van der Waals surface area contributed by atoms with Gasteiger partial charge in [-0.15, -0.1) is 0 Å². The average Bonchev–Trinajstić information content (AvgIpc) is 3.37. The predicted octanol–water partition coefficient (Wildman–Crippen LogP) is 16.4. The van der Waals surface area contributed by atoms with Gasteiger partial charge in [-0.1, -0.05) is 200 Å². The molecule has 11 aromatic carbocycles. The topological polar surface area (TPSA) is 3.24 Å². The fourth-order valence-electron chi connectivity index (χ4n) is 8.62. The van der Waals surface area contributed by atoms with Crippen molar-refractivity contribution in [3.8, 4) is 44.5 Å². The molecule has 11 rings (SSSR count). The van der Waals surface area contributed by atoms with Crippen molar-refractivity contribution in [1.29, 1.82) is 0 Å².